The molecule has 0 saturated carbocycles. The fourth-order valence-corrected chi connectivity index (χ4v) is 3.04. The molecule has 4 rings (SSSR count). The Hall–Kier alpha value is -3.79. The van der Waals surface area contributed by atoms with Gasteiger partial charge in [-0.25, -0.2) is 4.79 Å². The number of rotatable bonds is 4. The molecule has 0 N–H and O–H groups in total. The smallest absolute Gasteiger partial charge is 0.345 e. The summed E-state index contributed by atoms with van der Waals surface area (Å²) in [5.41, 5.74) is 2.96. The first-order valence-electron chi connectivity index (χ1n) is 8.90. The molecule has 4 nitrogen and oxygen atoms in total. The van der Waals surface area contributed by atoms with Gasteiger partial charge in [-0.3, -0.25) is 9.78 Å². The summed E-state index contributed by atoms with van der Waals surface area (Å²) in [6.07, 6.45) is 3.30. The normalized spacial score (nSPS) is 11.2. The lowest BCUT2D eigenvalue weighted by Gasteiger charge is -2.06. The summed E-state index contributed by atoms with van der Waals surface area (Å²) in [6.45, 7) is 1.76. The molecule has 0 saturated heterocycles. The molecule has 4 heteroatoms. The van der Waals surface area contributed by atoms with Crippen LogP contribution < -0.4 is 5.63 Å². The number of benzene rings is 2. The molecule has 0 amide bonds. The van der Waals surface area contributed by atoms with Crippen molar-refractivity contribution in [2.75, 3.05) is 0 Å². The molecule has 136 valence electrons. The standard InChI is InChI=1S/C24H17NO3/c1-16-19(22(26)14-11-17-7-3-2-4-8-17)12-13-21(25-16)20-15-18-9-5-6-10-23(18)28-24(20)27/h2-15H,1H3/b14-11+. The van der Waals surface area contributed by atoms with Crippen LogP contribution in [-0.2, 0) is 0 Å². The van der Waals surface area contributed by atoms with Crippen molar-refractivity contribution < 1.29 is 9.21 Å². The maximum absolute atomic E-state index is 12.5. The average molecular weight is 367 g/mol. The third-order valence-corrected chi connectivity index (χ3v) is 4.50. The molecular formula is C24H17NO3. The van der Waals surface area contributed by atoms with E-state index >= 15 is 0 Å². The summed E-state index contributed by atoms with van der Waals surface area (Å²) in [4.78, 5) is 29.3. The predicted octanol–water partition coefficient (Wildman–Crippen LogP) is 5.06. The van der Waals surface area contributed by atoms with Crippen LogP contribution in [0.4, 0.5) is 0 Å². The Balaban J connectivity index is 1.67. The van der Waals surface area contributed by atoms with E-state index in [0.29, 0.717) is 28.1 Å². The van der Waals surface area contributed by atoms with Crippen LogP contribution in [0, 0.1) is 6.92 Å². The summed E-state index contributed by atoms with van der Waals surface area (Å²) in [6, 6.07) is 22.1. The van der Waals surface area contributed by atoms with Gasteiger partial charge in [0.15, 0.2) is 5.78 Å². The molecule has 0 bridgehead atoms. The van der Waals surface area contributed by atoms with Crippen LogP contribution in [0.5, 0.6) is 0 Å². The van der Waals surface area contributed by atoms with Gasteiger partial charge in [0.25, 0.3) is 0 Å². The van der Waals surface area contributed by atoms with Gasteiger partial charge < -0.3 is 4.42 Å². The van der Waals surface area contributed by atoms with Gasteiger partial charge in [0.2, 0.25) is 0 Å². The Labute approximate surface area is 161 Å². The van der Waals surface area contributed by atoms with Crippen LogP contribution in [0.1, 0.15) is 21.6 Å². The van der Waals surface area contributed by atoms with E-state index in [2.05, 4.69) is 4.98 Å². The second kappa shape index (κ2) is 7.45. The number of hydrogen-bond acceptors (Lipinski definition) is 4. The molecule has 0 fully saturated rings. The molecule has 0 aliphatic carbocycles. The highest BCUT2D eigenvalue weighted by atomic mass is 16.4. The molecule has 2 heterocycles. The van der Waals surface area contributed by atoms with Crippen molar-refractivity contribution >= 4 is 22.8 Å². The molecule has 2 aromatic carbocycles. The van der Waals surface area contributed by atoms with E-state index in [1.165, 1.54) is 6.08 Å². The molecule has 0 spiro atoms. The van der Waals surface area contributed by atoms with Crippen LogP contribution in [0.3, 0.4) is 0 Å². The molecule has 28 heavy (non-hydrogen) atoms. The van der Waals surface area contributed by atoms with Gasteiger partial charge in [-0.05, 0) is 42.8 Å². The van der Waals surface area contributed by atoms with Crippen molar-refractivity contribution in [1.29, 1.82) is 0 Å². The lowest BCUT2D eigenvalue weighted by Crippen LogP contribution is -2.06. The van der Waals surface area contributed by atoms with Crippen LogP contribution in [0.25, 0.3) is 28.3 Å². The van der Waals surface area contributed by atoms with Crippen molar-refractivity contribution in [2.45, 2.75) is 6.92 Å². The quantitative estimate of drug-likeness (QED) is 0.287. The van der Waals surface area contributed by atoms with E-state index in [0.717, 1.165) is 10.9 Å². The van der Waals surface area contributed by atoms with Gasteiger partial charge >= 0.3 is 5.63 Å². The SMILES string of the molecule is Cc1nc(-c2cc3ccccc3oc2=O)ccc1C(=O)/C=C/c1ccccc1. The molecule has 2 aromatic heterocycles. The number of allylic oxidation sites excluding steroid dienone is 1. The summed E-state index contributed by atoms with van der Waals surface area (Å²) < 4.78 is 5.38. The van der Waals surface area contributed by atoms with Gasteiger partial charge in [0, 0.05) is 16.6 Å². The van der Waals surface area contributed by atoms with Crippen molar-refractivity contribution in [3.8, 4) is 11.3 Å². The summed E-state index contributed by atoms with van der Waals surface area (Å²) in [7, 11) is 0. The zero-order valence-electron chi connectivity index (χ0n) is 15.3. The first-order valence-corrected chi connectivity index (χ1v) is 8.90. The number of carbonyl (C=O) groups excluding carboxylic acids is 1. The highest BCUT2D eigenvalue weighted by molar-refractivity contribution is 6.07. The fraction of sp³-hybridized carbons (Fsp3) is 0.0417. The van der Waals surface area contributed by atoms with Crippen molar-refractivity contribution in [3.05, 3.63) is 106 Å². The molecule has 0 atom stereocenters. The first kappa shape index (κ1) is 17.6. The number of aromatic nitrogens is 1. The monoisotopic (exact) mass is 367 g/mol. The van der Waals surface area contributed by atoms with Crippen LogP contribution in [0.2, 0.25) is 0 Å². The molecule has 0 aliphatic rings. The zero-order valence-corrected chi connectivity index (χ0v) is 15.3. The second-order valence-electron chi connectivity index (χ2n) is 6.42. The molecule has 4 aromatic rings. The number of aryl methyl sites for hydroxylation is 1. The summed E-state index contributed by atoms with van der Waals surface area (Å²) >= 11 is 0. The summed E-state index contributed by atoms with van der Waals surface area (Å²) in [5, 5.41) is 0.822. The molecule has 0 radical (unpaired) electrons. The van der Waals surface area contributed by atoms with Gasteiger partial charge in [-0.2, -0.15) is 0 Å². The van der Waals surface area contributed by atoms with Crippen LogP contribution in [0.15, 0.2) is 88.1 Å². The Kier molecular flexibility index (Phi) is 4.68. The third-order valence-electron chi connectivity index (χ3n) is 4.50. The molecule has 0 aliphatic heterocycles. The van der Waals surface area contributed by atoms with Crippen LogP contribution >= 0.6 is 0 Å². The Morgan fingerprint density at radius 1 is 0.964 bits per heavy atom. The number of pyridine rings is 1. The minimum Gasteiger partial charge on any atom is -0.422 e. The molecular weight excluding hydrogens is 350 g/mol. The number of carbonyl (C=O) groups is 1. The lowest BCUT2D eigenvalue weighted by molar-refractivity contribution is 0.104. The second-order valence-corrected chi connectivity index (χ2v) is 6.42. The van der Waals surface area contributed by atoms with Gasteiger partial charge in [0.1, 0.15) is 5.58 Å². The summed E-state index contributed by atoms with van der Waals surface area (Å²) in [5.74, 6) is -0.133. The Bertz CT molecular complexity index is 1250. The minimum atomic E-state index is -0.450. The first-order chi connectivity index (χ1) is 13.6. The zero-order chi connectivity index (χ0) is 19.5. The van der Waals surface area contributed by atoms with E-state index in [9.17, 15) is 9.59 Å². The van der Waals surface area contributed by atoms with Gasteiger partial charge in [-0.1, -0.05) is 54.6 Å². The lowest BCUT2D eigenvalue weighted by atomic mass is 10.0. The Morgan fingerprint density at radius 3 is 2.50 bits per heavy atom. The maximum atomic E-state index is 12.5. The van der Waals surface area contributed by atoms with E-state index in [1.54, 1.807) is 37.3 Å². The predicted molar refractivity (Wildman–Crippen MR) is 110 cm³/mol. The largest absolute Gasteiger partial charge is 0.422 e. The van der Waals surface area contributed by atoms with E-state index in [4.69, 9.17) is 4.42 Å². The fourth-order valence-electron chi connectivity index (χ4n) is 3.04. The van der Waals surface area contributed by atoms with Crippen molar-refractivity contribution in [3.63, 3.8) is 0 Å². The third kappa shape index (κ3) is 3.53. The minimum absolute atomic E-state index is 0.133. The number of hydrogen-bond donors (Lipinski definition) is 0. The molecule has 0 unspecified atom stereocenters. The highest BCUT2D eigenvalue weighted by Gasteiger charge is 2.13. The number of nitrogens with zero attached hydrogens (tertiary/aromatic N) is 1. The maximum Gasteiger partial charge on any atom is 0.345 e. The number of ketones is 1. The Morgan fingerprint density at radius 2 is 1.71 bits per heavy atom. The van der Waals surface area contributed by atoms with E-state index < -0.39 is 5.63 Å². The number of para-hydroxylation sites is 1. The van der Waals surface area contributed by atoms with Crippen molar-refractivity contribution in [1.82, 2.24) is 4.98 Å². The average Bonchev–Trinajstić information content (AvgIpc) is 2.72. The van der Waals surface area contributed by atoms with Gasteiger partial charge in [-0.15, -0.1) is 0 Å². The number of fused-ring (bicyclic) bond motifs is 1. The van der Waals surface area contributed by atoms with Crippen molar-refractivity contribution in [2.24, 2.45) is 0 Å². The van der Waals surface area contributed by atoms with E-state index in [-0.39, 0.29) is 5.78 Å². The van der Waals surface area contributed by atoms with Crippen LogP contribution in [-0.4, -0.2) is 10.8 Å². The van der Waals surface area contributed by atoms with E-state index in [1.807, 2.05) is 48.5 Å². The topological polar surface area (TPSA) is 60.2 Å². The van der Waals surface area contributed by atoms with Gasteiger partial charge in [0.05, 0.1) is 11.3 Å². The highest BCUT2D eigenvalue weighted by Crippen LogP contribution is 2.21.